The fraction of sp³-hybridized carbons (Fsp3) is 0.500. The van der Waals surface area contributed by atoms with Crippen molar-refractivity contribution in [1.29, 1.82) is 0 Å². The molecule has 0 unspecified atom stereocenters. The maximum Gasteiger partial charge on any atom is 0.192 e. The Bertz CT molecular complexity index is 445. The van der Waals surface area contributed by atoms with E-state index in [-0.39, 0.29) is 5.03 Å². The first-order valence-electron chi connectivity index (χ1n) is 4.97. The molecule has 0 aliphatic carbocycles. The van der Waals surface area contributed by atoms with Gasteiger partial charge in [0.15, 0.2) is 14.9 Å². The summed E-state index contributed by atoms with van der Waals surface area (Å²) in [6.07, 6.45) is 3.20. The summed E-state index contributed by atoms with van der Waals surface area (Å²) in [5.74, 6) is 0. The van der Waals surface area contributed by atoms with Crippen LogP contribution >= 0.6 is 0 Å². The zero-order chi connectivity index (χ0) is 12.2. The average molecular weight is 242 g/mol. The Kier molecular flexibility index (Phi) is 4.40. The second-order valence-corrected chi connectivity index (χ2v) is 5.61. The number of pyridine rings is 1. The number of nitrogens with one attached hydrogen (secondary N) is 2. The van der Waals surface area contributed by atoms with Gasteiger partial charge in [0.2, 0.25) is 0 Å². The number of hydrogen-bond donors (Lipinski definition) is 1. The van der Waals surface area contributed by atoms with E-state index in [1.807, 2.05) is 7.05 Å². The predicted molar refractivity (Wildman–Crippen MR) is 61.7 cm³/mol. The van der Waals surface area contributed by atoms with E-state index in [0.29, 0.717) is 12.0 Å². The van der Waals surface area contributed by atoms with Crippen LogP contribution in [0, 0.1) is 0 Å². The predicted octanol–water partition coefficient (Wildman–Crippen LogP) is 0.419. The Balaban J connectivity index is 2.90. The molecule has 2 N–H and O–H groups in total. The Morgan fingerprint density at radius 1 is 1.56 bits per heavy atom. The van der Waals surface area contributed by atoms with Crippen molar-refractivity contribution in [2.75, 3.05) is 19.8 Å². The third-order valence-electron chi connectivity index (χ3n) is 2.22. The molecule has 1 radical (unpaired) electrons. The summed E-state index contributed by atoms with van der Waals surface area (Å²) in [7, 11) is -1.47. The van der Waals surface area contributed by atoms with E-state index in [1.54, 1.807) is 6.07 Å². The smallest absolute Gasteiger partial charge is 0.192 e. The molecule has 1 atom stereocenters. The quantitative estimate of drug-likeness (QED) is 0.811. The molecular weight excluding hydrogens is 226 g/mol. The van der Waals surface area contributed by atoms with Crippen molar-refractivity contribution < 1.29 is 8.42 Å². The molecule has 0 aliphatic heterocycles. The Morgan fingerprint density at radius 2 is 2.25 bits per heavy atom. The molecule has 1 rings (SSSR count). The lowest BCUT2D eigenvalue weighted by atomic mass is 10.1. The monoisotopic (exact) mass is 242 g/mol. The van der Waals surface area contributed by atoms with Crippen LogP contribution in [-0.2, 0) is 9.84 Å². The van der Waals surface area contributed by atoms with Crippen molar-refractivity contribution in [3.63, 3.8) is 0 Å². The zero-order valence-electron chi connectivity index (χ0n) is 9.40. The van der Waals surface area contributed by atoms with E-state index >= 15 is 0 Å². The van der Waals surface area contributed by atoms with Gasteiger partial charge < -0.3 is 5.32 Å². The molecular formula is C10H16N3O2S. The average Bonchev–Trinajstić information content (AvgIpc) is 2.25. The van der Waals surface area contributed by atoms with Crippen molar-refractivity contribution in [3.05, 3.63) is 23.9 Å². The molecule has 0 bridgehead atoms. The fourth-order valence-electron chi connectivity index (χ4n) is 1.30. The molecule has 0 aromatic carbocycles. The van der Waals surface area contributed by atoms with Crippen LogP contribution in [0.2, 0.25) is 0 Å². The topological polar surface area (TPSA) is 82.9 Å². The molecule has 0 spiro atoms. The summed E-state index contributed by atoms with van der Waals surface area (Å²) >= 11 is 0. The van der Waals surface area contributed by atoms with E-state index in [1.165, 1.54) is 12.3 Å². The second-order valence-electron chi connectivity index (χ2n) is 3.64. The first-order valence-corrected chi connectivity index (χ1v) is 6.86. The number of sulfone groups is 1. The van der Waals surface area contributed by atoms with E-state index in [4.69, 9.17) is 5.73 Å². The van der Waals surface area contributed by atoms with Gasteiger partial charge in [0, 0.05) is 18.5 Å². The number of rotatable bonds is 5. The van der Waals surface area contributed by atoms with Crippen LogP contribution in [0.25, 0.3) is 0 Å². The van der Waals surface area contributed by atoms with Gasteiger partial charge in [0.25, 0.3) is 0 Å². The molecule has 5 nitrogen and oxygen atoms in total. The molecule has 0 saturated heterocycles. The lowest BCUT2D eigenvalue weighted by Crippen LogP contribution is -2.13. The van der Waals surface area contributed by atoms with Crippen molar-refractivity contribution >= 4 is 9.84 Å². The van der Waals surface area contributed by atoms with Crippen LogP contribution in [-0.4, -0.2) is 33.2 Å². The highest BCUT2D eigenvalue weighted by atomic mass is 32.2. The maximum atomic E-state index is 11.3. The first-order chi connectivity index (χ1) is 7.45. The van der Waals surface area contributed by atoms with Crippen LogP contribution in [0.4, 0.5) is 0 Å². The van der Waals surface area contributed by atoms with Gasteiger partial charge in [-0.2, -0.15) is 0 Å². The number of hydrogen-bond acceptors (Lipinski definition) is 4. The molecule has 1 aromatic rings. The first kappa shape index (κ1) is 13.1. The molecule has 6 heteroatoms. The molecule has 16 heavy (non-hydrogen) atoms. The van der Waals surface area contributed by atoms with Crippen LogP contribution in [0.3, 0.4) is 0 Å². The van der Waals surface area contributed by atoms with Crippen LogP contribution < -0.4 is 11.1 Å². The van der Waals surface area contributed by atoms with Gasteiger partial charge in [0.05, 0.1) is 0 Å². The minimum absolute atomic E-state index is 0.0340. The molecule has 0 aliphatic rings. The molecule has 1 heterocycles. The molecule has 89 valence electrons. The maximum absolute atomic E-state index is 11.3. The van der Waals surface area contributed by atoms with Gasteiger partial charge in [-0.15, -0.1) is 0 Å². The summed E-state index contributed by atoms with van der Waals surface area (Å²) in [6, 6.07) is 2.74. The van der Waals surface area contributed by atoms with Gasteiger partial charge in [-0.25, -0.2) is 19.1 Å². The number of nitrogens with zero attached hydrogens (tertiary/aromatic N) is 1. The van der Waals surface area contributed by atoms with Gasteiger partial charge in [0.1, 0.15) is 0 Å². The van der Waals surface area contributed by atoms with Gasteiger partial charge in [-0.3, -0.25) is 0 Å². The van der Waals surface area contributed by atoms with Crippen molar-refractivity contribution in [1.82, 2.24) is 16.0 Å². The second kappa shape index (κ2) is 5.38. The standard InChI is InChI=1S/C10H16N3O2S/c1-12-5-4-9(11)8-3-6-13-10(7-8)16(2,14)15/h3,6-7,9,11-12H,4-5H2,1-2H3/t9-/m0/s1. The lowest BCUT2D eigenvalue weighted by Gasteiger charge is -2.11. The third-order valence-corrected chi connectivity index (χ3v) is 3.21. The largest absolute Gasteiger partial charge is 0.320 e. The molecule has 0 fully saturated rings. The Morgan fingerprint density at radius 3 is 2.81 bits per heavy atom. The zero-order valence-corrected chi connectivity index (χ0v) is 10.2. The Hall–Kier alpha value is -0.980. The van der Waals surface area contributed by atoms with E-state index in [2.05, 4.69) is 10.3 Å². The summed E-state index contributed by atoms with van der Waals surface area (Å²) in [5, 5.41) is 2.99. The van der Waals surface area contributed by atoms with Crippen molar-refractivity contribution in [2.24, 2.45) is 0 Å². The minimum atomic E-state index is -3.29. The van der Waals surface area contributed by atoms with Gasteiger partial charge >= 0.3 is 0 Å². The lowest BCUT2D eigenvalue weighted by molar-refractivity contribution is 0.590. The van der Waals surface area contributed by atoms with E-state index in [0.717, 1.165) is 12.8 Å². The van der Waals surface area contributed by atoms with E-state index < -0.39 is 15.9 Å². The summed E-state index contributed by atoms with van der Waals surface area (Å²) < 4.78 is 22.6. The Labute approximate surface area is 96.0 Å². The van der Waals surface area contributed by atoms with Crippen molar-refractivity contribution in [3.8, 4) is 0 Å². The van der Waals surface area contributed by atoms with E-state index in [9.17, 15) is 8.42 Å². The minimum Gasteiger partial charge on any atom is -0.320 e. The highest BCUT2D eigenvalue weighted by Crippen LogP contribution is 2.17. The molecule has 1 aromatic heterocycles. The van der Waals surface area contributed by atoms with Crippen molar-refractivity contribution in [2.45, 2.75) is 17.5 Å². The molecule has 0 amide bonds. The highest BCUT2D eigenvalue weighted by molar-refractivity contribution is 7.90. The fourth-order valence-corrected chi connectivity index (χ4v) is 1.90. The van der Waals surface area contributed by atoms with Crippen LogP contribution in [0.15, 0.2) is 23.4 Å². The summed E-state index contributed by atoms with van der Waals surface area (Å²) in [4.78, 5) is 3.79. The molecule has 0 saturated carbocycles. The van der Waals surface area contributed by atoms with Gasteiger partial charge in [-0.05, 0) is 37.7 Å². The highest BCUT2D eigenvalue weighted by Gasteiger charge is 2.12. The van der Waals surface area contributed by atoms with Crippen LogP contribution in [0.1, 0.15) is 18.0 Å². The summed E-state index contributed by atoms with van der Waals surface area (Å²) in [5.41, 5.74) is 8.54. The normalized spacial score (nSPS) is 13.7. The van der Waals surface area contributed by atoms with Gasteiger partial charge in [-0.1, -0.05) is 0 Å². The third kappa shape index (κ3) is 3.55. The number of aromatic nitrogens is 1. The van der Waals surface area contributed by atoms with Crippen LogP contribution in [0.5, 0.6) is 0 Å². The summed E-state index contributed by atoms with van der Waals surface area (Å²) in [6.45, 7) is 0.727. The SMILES string of the molecule is CNCC[C@H]([NH])c1ccnc(S(C)(=O)=O)c1.